The molecule has 1 aromatic rings. The zero-order valence-electron chi connectivity index (χ0n) is 10.6. The van der Waals surface area contributed by atoms with Gasteiger partial charge in [0.25, 0.3) is 0 Å². The second-order valence-corrected chi connectivity index (χ2v) is 7.60. The van der Waals surface area contributed by atoms with Gasteiger partial charge in [0.1, 0.15) is 10.8 Å². The first-order valence-electron chi connectivity index (χ1n) is 5.84. The van der Waals surface area contributed by atoms with Crippen LogP contribution in [0.3, 0.4) is 0 Å². The minimum Gasteiger partial charge on any atom is -0.323 e. The summed E-state index contributed by atoms with van der Waals surface area (Å²) in [5.74, 6) is 0.195. The highest BCUT2D eigenvalue weighted by Gasteiger charge is 2.17. The van der Waals surface area contributed by atoms with Gasteiger partial charge in [-0.25, -0.2) is 13.4 Å². The molecule has 0 aliphatic heterocycles. The first-order valence-corrected chi connectivity index (χ1v) is 8.47. The summed E-state index contributed by atoms with van der Waals surface area (Å²) in [6.07, 6.45) is 1.85. The average molecular weight is 276 g/mol. The Morgan fingerprint density at radius 2 is 2.06 bits per heavy atom. The largest absolute Gasteiger partial charge is 0.323 e. The third-order valence-electron chi connectivity index (χ3n) is 2.46. The molecule has 4 nitrogen and oxygen atoms in total. The van der Waals surface area contributed by atoms with E-state index < -0.39 is 9.84 Å². The molecular formula is C11H20N2O2S2. The van der Waals surface area contributed by atoms with Crippen LogP contribution in [0.5, 0.6) is 0 Å². The van der Waals surface area contributed by atoms with Gasteiger partial charge >= 0.3 is 0 Å². The topological polar surface area (TPSA) is 73.0 Å². The predicted octanol–water partition coefficient (Wildman–Crippen LogP) is 2.05. The molecule has 0 fully saturated rings. The Labute approximate surface area is 107 Å². The second kappa shape index (κ2) is 5.93. The van der Waals surface area contributed by atoms with Crippen LogP contribution in [0.4, 0.5) is 0 Å². The van der Waals surface area contributed by atoms with E-state index in [0.717, 1.165) is 23.4 Å². The van der Waals surface area contributed by atoms with Gasteiger partial charge in [0.05, 0.1) is 5.69 Å². The molecule has 0 saturated heterocycles. The van der Waals surface area contributed by atoms with Gasteiger partial charge in [0.15, 0.2) is 9.84 Å². The second-order valence-electron chi connectivity index (χ2n) is 4.13. The lowest BCUT2D eigenvalue weighted by atomic mass is 10.2. The monoisotopic (exact) mass is 276 g/mol. The van der Waals surface area contributed by atoms with Crippen LogP contribution in [0.15, 0.2) is 0 Å². The van der Waals surface area contributed by atoms with Crippen LogP contribution in [0.25, 0.3) is 0 Å². The molecule has 0 aromatic carbocycles. The Kier molecular flexibility index (Phi) is 5.09. The van der Waals surface area contributed by atoms with Crippen molar-refractivity contribution in [3.63, 3.8) is 0 Å². The van der Waals surface area contributed by atoms with Crippen LogP contribution in [-0.4, -0.2) is 19.2 Å². The normalized spacial score (nSPS) is 13.9. The summed E-state index contributed by atoms with van der Waals surface area (Å²) in [7, 11) is -3.01. The quantitative estimate of drug-likeness (QED) is 0.863. The van der Waals surface area contributed by atoms with Crippen LogP contribution in [0.1, 0.15) is 48.8 Å². The number of nitrogens with two attached hydrogens (primary N) is 1. The maximum Gasteiger partial charge on any atom is 0.156 e. The average Bonchev–Trinajstić information content (AvgIpc) is 2.61. The van der Waals surface area contributed by atoms with Crippen LogP contribution in [-0.2, 0) is 22.0 Å². The summed E-state index contributed by atoms with van der Waals surface area (Å²) in [6, 6.07) is -0.0767. The predicted molar refractivity (Wildman–Crippen MR) is 71.9 cm³/mol. The Morgan fingerprint density at radius 3 is 2.53 bits per heavy atom. The highest BCUT2D eigenvalue weighted by molar-refractivity contribution is 7.90. The fourth-order valence-electron chi connectivity index (χ4n) is 1.54. The smallest absolute Gasteiger partial charge is 0.156 e. The molecule has 0 radical (unpaired) electrons. The maximum absolute atomic E-state index is 11.6. The van der Waals surface area contributed by atoms with E-state index >= 15 is 0 Å². The van der Waals surface area contributed by atoms with Gasteiger partial charge in [0.2, 0.25) is 0 Å². The number of hydrogen-bond donors (Lipinski definition) is 1. The van der Waals surface area contributed by atoms with E-state index in [-0.39, 0.29) is 17.5 Å². The molecule has 6 heteroatoms. The van der Waals surface area contributed by atoms with Crippen molar-refractivity contribution in [2.24, 2.45) is 5.73 Å². The van der Waals surface area contributed by atoms with E-state index in [1.807, 2.05) is 6.92 Å². The summed E-state index contributed by atoms with van der Waals surface area (Å²) in [6.45, 7) is 5.64. The third-order valence-corrected chi connectivity index (χ3v) is 5.53. The van der Waals surface area contributed by atoms with Crippen LogP contribution >= 0.6 is 11.3 Å². The van der Waals surface area contributed by atoms with Gasteiger partial charge in [-0.05, 0) is 13.3 Å². The van der Waals surface area contributed by atoms with Crippen LogP contribution in [0, 0.1) is 0 Å². The van der Waals surface area contributed by atoms with Crippen LogP contribution < -0.4 is 5.73 Å². The molecule has 2 N–H and O–H groups in total. The SMILES string of the molecule is CCCc1nc(CS(=O)(=O)CC)sc1C(C)N. The minimum atomic E-state index is -3.01. The highest BCUT2D eigenvalue weighted by atomic mass is 32.2. The molecule has 1 rings (SSSR count). The van der Waals surface area contributed by atoms with E-state index in [9.17, 15) is 8.42 Å². The number of sulfone groups is 1. The molecule has 0 amide bonds. The molecule has 0 spiro atoms. The van der Waals surface area contributed by atoms with Crippen molar-refractivity contribution in [1.29, 1.82) is 0 Å². The highest BCUT2D eigenvalue weighted by Crippen LogP contribution is 2.26. The van der Waals surface area contributed by atoms with Crippen molar-refractivity contribution < 1.29 is 8.42 Å². The van der Waals surface area contributed by atoms with Gasteiger partial charge in [0, 0.05) is 16.7 Å². The van der Waals surface area contributed by atoms with Gasteiger partial charge < -0.3 is 5.73 Å². The number of nitrogens with zero attached hydrogens (tertiary/aromatic N) is 1. The molecule has 1 heterocycles. The lowest BCUT2D eigenvalue weighted by Crippen LogP contribution is -2.06. The third kappa shape index (κ3) is 4.04. The number of hydrogen-bond acceptors (Lipinski definition) is 5. The number of aryl methyl sites for hydroxylation is 1. The van der Waals surface area contributed by atoms with E-state index in [0.29, 0.717) is 5.01 Å². The van der Waals surface area contributed by atoms with Crippen LogP contribution in [0.2, 0.25) is 0 Å². The zero-order valence-corrected chi connectivity index (χ0v) is 12.2. The Morgan fingerprint density at radius 1 is 1.41 bits per heavy atom. The fraction of sp³-hybridized carbons (Fsp3) is 0.727. The molecule has 1 aromatic heterocycles. The number of aromatic nitrogens is 1. The molecular weight excluding hydrogens is 256 g/mol. The first-order chi connectivity index (χ1) is 7.89. The molecule has 17 heavy (non-hydrogen) atoms. The summed E-state index contributed by atoms with van der Waals surface area (Å²) in [5, 5.41) is 0.669. The number of thiazole rings is 1. The van der Waals surface area contributed by atoms with Crippen molar-refractivity contribution in [3.05, 3.63) is 15.6 Å². The van der Waals surface area contributed by atoms with Crippen molar-refractivity contribution in [2.45, 2.75) is 45.4 Å². The van der Waals surface area contributed by atoms with E-state index in [1.54, 1.807) is 6.92 Å². The van der Waals surface area contributed by atoms with Gasteiger partial charge in [-0.1, -0.05) is 20.3 Å². The summed E-state index contributed by atoms with van der Waals surface area (Å²) >= 11 is 1.43. The molecule has 98 valence electrons. The summed E-state index contributed by atoms with van der Waals surface area (Å²) in [4.78, 5) is 5.44. The summed E-state index contributed by atoms with van der Waals surface area (Å²) in [5.41, 5.74) is 6.84. The van der Waals surface area contributed by atoms with E-state index in [2.05, 4.69) is 11.9 Å². The standard InChI is InChI=1S/C11H20N2O2S2/c1-4-6-9-11(8(3)12)16-10(13-9)7-17(14,15)5-2/h8H,4-7,12H2,1-3H3. The fourth-order valence-corrected chi connectivity index (χ4v) is 3.82. The van der Waals surface area contributed by atoms with E-state index in [4.69, 9.17) is 5.73 Å². The maximum atomic E-state index is 11.6. The molecule has 0 bridgehead atoms. The Hall–Kier alpha value is -0.460. The molecule has 1 atom stereocenters. The van der Waals surface area contributed by atoms with Crippen molar-refractivity contribution in [3.8, 4) is 0 Å². The lowest BCUT2D eigenvalue weighted by Gasteiger charge is -2.03. The summed E-state index contributed by atoms with van der Waals surface area (Å²) < 4.78 is 23.1. The Bertz CT molecular complexity index is 464. The van der Waals surface area contributed by atoms with Crippen molar-refractivity contribution in [2.75, 3.05) is 5.75 Å². The van der Waals surface area contributed by atoms with E-state index in [1.165, 1.54) is 11.3 Å². The lowest BCUT2D eigenvalue weighted by molar-refractivity contribution is 0.596. The van der Waals surface area contributed by atoms with Crippen molar-refractivity contribution in [1.82, 2.24) is 4.98 Å². The first kappa shape index (κ1) is 14.6. The van der Waals surface area contributed by atoms with Gasteiger partial charge in [-0.2, -0.15) is 0 Å². The Balaban J connectivity index is 2.99. The molecule has 0 aliphatic carbocycles. The number of rotatable bonds is 6. The molecule has 0 aliphatic rings. The van der Waals surface area contributed by atoms with Gasteiger partial charge in [-0.3, -0.25) is 0 Å². The minimum absolute atomic E-state index is 0.0393. The molecule has 1 unspecified atom stereocenters. The van der Waals surface area contributed by atoms with Gasteiger partial charge in [-0.15, -0.1) is 11.3 Å². The van der Waals surface area contributed by atoms with Crippen molar-refractivity contribution >= 4 is 21.2 Å². The molecule has 0 saturated carbocycles. The zero-order chi connectivity index (χ0) is 13.1.